The van der Waals surface area contributed by atoms with E-state index >= 15 is 0 Å². The van der Waals surface area contributed by atoms with Gasteiger partial charge in [-0.3, -0.25) is 0 Å². The van der Waals surface area contributed by atoms with Crippen LogP contribution in [0.25, 0.3) is 0 Å². The summed E-state index contributed by atoms with van der Waals surface area (Å²) in [6, 6.07) is 12.1. The van der Waals surface area contributed by atoms with Gasteiger partial charge in [-0.05, 0) is 58.2 Å². The summed E-state index contributed by atoms with van der Waals surface area (Å²) < 4.78 is 0.555. The Labute approximate surface area is 125 Å². The number of hydrogen-bond donors (Lipinski definition) is 3. The smallest absolute Gasteiger partial charge is 0.336 e. The van der Waals surface area contributed by atoms with Gasteiger partial charge in [0.1, 0.15) is 5.75 Å². The minimum atomic E-state index is -0.951. The molecule has 0 bridgehead atoms. The van der Waals surface area contributed by atoms with Gasteiger partial charge in [-0.25, -0.2) is 4.79 Å². The first-order valence-corrected chi connectivity index (χ1v) is 6.90. The average molecular weight is 336 g/mol. The molecule has 2 rings (SSSR count). The number of nitrogens with one attached hydrogen (secondary N) is 1. The first-order valence-electron chi connectivity index (χ1n) is 6.11. The van der Waals surface area contributed by atoms with E-state index in [9.17, 15) is 9.90 Å². The third-order valence-electron chi connectivity index (χ3n) is 2.88. The van der Waals surface area contributed by atoms with Gasteiger partial charge < -0.3 is 15.5 Å². The number of carboxylic acid groups (broad SMARTS) is 1. The van der Waals surface area contributed by atoms with E-state index in [0.717, 1.165) is 24.2 Å². The van der Waals surface area contributed by atoms with E-state index in [4.69, 9.17) is 5.11 Å². The predicted molar refractivity (Wildman–Crippen MR) is 81.4 cm³/mol. The molecule has 0 heterocycles. The van der Waals surface area contributed by atoms with Crippen molar-refractivity contribution in [3.63, 3.8) is 0 Å². The van der Waals surface area contributed by atoms with Crippen LogP contribution in [0, 0.1) is 0 Å². The molecule has 2 aromatic rings. The van der Waals surface area contributed by atoms with Crippen LogP contribution < -0.4 is 5.32 Å². The molecular weight excluding hydrogens is 322 g/mol. The van der Waals surface area contributed by atoms with E-state index in [1.165, 1.54) is 0 Å². The van der Waals surface area contributed by atoms with E-state index in [1.807, 2.05) is 12.1 Å². The van der Waals surface area contributed by atoms with E-state index in [-0.39, 0.29) is 11.3 Å². The molecule has 0 aliphatic heterocycles. The molecule has 0 radical (unpaired) electrons. The highest BCUT2D eigenvalue weighted by molar-refractivity contribution is 9.10. The van der Waals surface area contributed by atoms with Gasteiger partial charge in [-0.15, -0.1) is 0 Å². The molecule has 0 unspecified atom stereocenters. The Morgan fingerprint density at radius 3 is 2.45 bits per heavy atom. The molecule has 0 atom stereocenters. The zero-order valence-corrected chi connectivity index (χ0v) is 12.2. The molecule has 3 N–H and O–H groups in total. The molecule has 0 aliphatic rings. The summed E-state index contributed by atoms with van der Waals surface area (Å²) >= 11 is 3.24. The minimum absolute atomic E-state index is 0.245. The van der Waals surface area contributed by atoms with Crippen LogP contribution in [-0.2, 0) is 6.42 Å². The lowest BCUT2D eigenvalue weighted by Crippen LogP contribution is -2.05. The molecule has 20 heavy (non-hydrogen) atoms. The second kappa shape index (κ2) is 6.43. The molecule has 0 fully saturated rings. The quantitative estimate of drug-likeness (QED) is 0.782. The SMILES string of the molecule is O=C(O)c1ccc(NCCc2ccc(O)cc2)cc1Br. The van der Waals surface area contributed by atoms with Crippen LogP contribution in [0.15, 0.2) is 46.9 Å². The van der Waals surface area contributed by atoms with Crippen LogP contribution >= 0.6 is 15.9 Å². The third kappa shape index (κ3) is 3.74. The third-order valence-corrected chi connectivity index (χ3v) is 3.53. The largest absolute Gasteiger partial charge is 0.508 e. The van der Waals surface area contributed by atoms with Crippen molar-refractivity contribution in [2.24, 2.45) is 0 Å². The number of carbonyl (C=O) groups is 1. The van der Waals surface area contributed by atoms with Crippen LogP contribution in [0.4, 0.5) is 5.69 Å². The van der Waals surface area contributed by atoms with Crippen molar-refractivity contribution in [2.45, 2.75) is 6.42 Å². The Kier molecular flexibility index (Phi) is 4.63. The van der Waals surface area contributed by atoms with Crippen molar-refractivity contribution in [2.75, 3.05) is 11.9 Å². The Hall–Kier alpha value is -2.01. The van der Waals surface area contributed by atoms with Crippen LogP contribution in [-0.4, -0.2) is 22.7 Å². The van der Waals surface area contributed by atoms with Gasteiger partial charge >= 0.3 is 5.97 Å². The van der Waals surface area contributed by atoms with Gasteiger partial charge in [0.2, 0.25) is 0 Å². The highest BCUT2D eigenvalue weighted by Gasteiger charge is 2.08. The molecule has 104 valence electrons. The number of phenols is 1. The van der Waals surface area contributed by atoms with Gasteiger partial charge in [0.05, 0.1) is 5.56 Å². The average Bonchev–Trinajstić information content (AvgIpc) is 2.41. The molecule has 0 amide bonds. The highest BCUT2D eigenvalue weighted by Crippen LogP contribution is 2.21. The second-order valence-electron chi connectivity index (χ2n) is 4.34. The monoisotopic (exact) mass is 335 g/mol. The van der Waals surface area contributed by atoms with Gasteiger partial charge in [0.15, 0.2) is 0 Å². The van der Waals surface area contributed by atoms with Gasteiger partial charge in [0.25, 0.3) is 0 Å². The fourth-order valence-electron chi connectivity index (χ4n) is 1.81. The van der Waals surface area contributed by atoms with Gasteiger partial charge in [-0.2, -0.15) is 0 Å². The Bertz CT molecular complexity index is 611. The lowest BCUT2D eigenvalue weighted by atomic mass is 10.1. The summed E-state index contributed by atoms with van der Waals surface area (Å²) in [5.41, 5.74) is 2.23. The van der Waals surface area contributed by atoms with E-state index in [1.54, 1.807) is 30.3 Å². The normalized spacial score (nSPS) is 10.2. The second-order valence-corrected chi connectivity index (χ2v) is 5.20. The van der Waals surface area contributed by atoms with Crippen LogP contribution in [0.5, 0.6) is 5.75 Å². The van der Waals surface area contributed by atoms with Crippen molar-refractivity contribution in [3.05, 3.63) is 58.1 Å². The summed E-state index contributed by atoms with van der Waals surface area (Å²) in [5, 5.41) is 21.4. The standard InChI is InChI=1S/C15H14BrNO3/c16-14-9-11(3-6-13(14)15(19)20)17-8-7-10-1-4-12(18)5-2-10/h1-6,9,17-18H,7-8H2,(H,19,20). The van der Waals surface area contributed by atoms with Gasteiger partial charge in [-0.1, -0.05) is 12.1 Å². The van der Waals surface area contributed by atoms with Crippen LogP contribution in [0.3, 0.4) is 0 Å². The minimum Gasteiger partial charge on any atom is -0.508 e. The summed E-state index contributed by atoms with van der Waals surface area (Å²) in [4.78, 5) is 10.9. The Morgan fingerprint density at radius 2 is 1.85 bits per heavy atom. The fourth-order valence-corrected chi connectivity index (χ4v) is 2.36. The number of benzene rings is 2. The van der Waals surface area contributed by atoms with E-state index in [2.05, 4.69) is 21.2 Å². The molecule has 0 aromatic heterocycles. The lowest BCUT2D eigenvalue weighted by Gasteiger charge is -2.08. The first-order chi connectivity index (χ1) is 9.56. The van der Waals surface area contributed by atoms with Crippen LogP contribution in [0.1, 0.15) is 15.9 Å². The molecule has 4 nitrogen and oxygen atoms in total. The maximum Gasteiger partial charge on any atom is 0.336 e. The molecule has 0 saturated carbocycles. The molecular formula is C15H14BrNO3. The predicted octanol–water partition coefficient (Wildman–Crippen LogP) is 3.51. The number of anilines is 1. The highest BCUT2D eigenvalue weighted by atomic mass is 79.9. The maximum atomic E-state index is 10.9. The van der Waals surface area contributed by atoms with Gasteiger partial charge in [0, 0.05) is 16.7 Å². The number of aromatic carboxylic acids is 1. The number of phenolic OH excluding ortho intramolecular Hbond substituents is 1. The number of hydrogen-bond acceptors (Lipinski definition) is 3. The molecule has 0 aliphatic carbocycles. The molecule has 5 heteroatoms. The van der Waals surface area contributed by atoms with E-state index in [0.29, 0.717) is 4.47 Å². The molecule has 0 saturated heterocycles. The number of aromatic hydroxyl groups is 1. The number of rotatable bonds is 5. The summed E-state index contributed by atoms with van der Waals surface area (Å²) in [7, 11) is 0. The molecule has 2 aromatic carbocycles. The van der Waals surface area contributed by atoms with Crippen LogP contribution in [0.2, 0.25) is 0 Å². The summed E-state index contributed by atoms with van der Waals surface area (Å²) in [5.74, 6) is -0.692. The van der Waals surface area contributed by atoms with Crippen molar-refractivity contribution >= 4 is 27.6 Å². The fraction of sp³-hybridized carbons (Fsp3) is 0.133. The zero-order valence-electron chi connectivity index (χ0n) is 10.6. The summed E-state index contributed by atoms with van der Waals surface area (Å²) in [6.07, 6.45) is 0.818. The lowest BCUT2D eigenvalue weighted by molar-refractivity contribution is 0.0696. The number of halogens is 1. The van der Waals surface area contributed by atoms with E-state index < -0.39 is 5.97 Å². The number of carboxylic acids is 1. The van der Waals surface area contributed by atoms with Crippen molar-refractivity contribution in [1.82, 2.24) is 0 Å². The maximum absolute atomic E-state index is 10.9. The zero-order chi connectivity index (χ0) is 14.5. The van der Waals surface area contributed by atoms with Crippen molar-refractivity contribution in [3.8, 4) is 5.75 Å². The van der Waals surface area contributed by atoms with Crippen molar-refractivity contribution < 1.29 is 15.0 Å². The Balaban J connectivity index is 1.92. The van der Waals surface area contributed by atoms with Crippen molar-refractivity contribution in [1.29, 1.82) is 0 Å². The first kappa shape index (κ1) is 14.4. The topological polar surface area (TPSA) is 69.6 Å². The molecule has 0 spiro atoms. The Morgan fingerprint density at radius 1 is 1.15 bits per heavy atom. The summed E-state index contributed by atoms with van der Waals surface area (Å²) in [6.45, 7) is 0.726.